The summed E-state index contributed by atoms with van der Waals surface area (Å²) < 4.78 is 16.8. The first-order valence-electron chi connectivity index (χ1n) is 5.70. The first-order valence-corrected chi connectivity index (χ1v) is 8.75. The zero-order valence-electron chi connectivity index (χ0n) is 10.4. The van der Waals surface area contributed by atoms with Gasteiger partial charge in [-0.15, -0.1) is 0 Å². The molecule has 2 rings (SSSR count). The van der Waals surface area contributed by atoms with Crippen LogP contribution in [0.15, 0.2) is 39.3 Å². The fraction of sp³-hybridized carbons (Fsp3) is 0.143. The molecule has 6 heteroatoms. The molecule has 1 atom stereocenters. The maximum Gasteiger partial charge on any atom is 0.129 e. The fourth-order valence-corrected chi connectivity index (χ4v) is 3.45. The topological polar surface area (TPSA) is 12.0 Å². The number of hydrogen-bond acceptors (Lipinski definition) is 1. The molecule has 1 unspecified atom stereocenters. The van der Waals surface area contributed by atoms with Crippen molar-refractivity contribution in [2.75, 3.05) is 7.05 Å². The molecule has 0 aliphatic carbocycles. The smallest absolute Gasteiger partial charge is 0.129 e. The summed E-state index contributed by atoms with van der Waals surface area (Å²) in [5.41, 5.74) is 1.49. The molecule has 0 bridgehead atoms. The van der Waals surface area contributed by atoms with E-state index in [1.807, 2.05) is 18.2 Å². The van der Waals surface area contributed by atoms with Gasteiger partial charge in [0.15, 0.2) is 0 Å². The Kier molecular flexibility index (Phi) is 5.88. The summed E-state index contributed by atoms with van der Waals surface area (Å²) in [6.45, 7) is 0. The lowest BCUT2D eigenvalue weighted by Gasteiger charge is -2.20. The van der Waals surface area contributed by atoms with Gasteiger partial charge in [-0.1, -0.05) is 27.5 Å². The van der Waals surface area contributed by atoms with Crippen LogP contribution in [0.4, 0.5) is 4.39 Å². The molecule has 1 nitrogen and oxygen atoms in total. The van der Waals surface area contributed by atoms with Crippen LogP contribution in [0.2, 0.25) is 5.02 Å². The molecule has 1 N–H and O–H groups in total. The molecule has 0 radical (unpaired) electrons. The molecule has 2 aromatic carbocycles. The summed E-state index contributed by atoms with van der Waals surface area (Å²) in [5.74, 6) is -0.300. The van der Waals surface area contributed by atoms with Crippen molar-refractivity contribution in [3.8, 4) is 0 Å². The van der Waals surface area contributed by atoms with Gasteiger partial charge in [-0.25, -0.2) is 4.39 Å². The standard InChI is InChI=1S/C14H10Br2ClFIN/c1-20-14(8-4-7(19)2-3-10(8)15)9-5-12(17)11(16)6-13(9)18/h2-6,14,20H,1H3. The average Bonchev–Trinajstić information content (AvgIpc) is 2.40. The molecule has 0 amide bonds. The van der Waals surface area contributed by atoms with Gasteiger partial charge in [-0.2, -0.15) is 0 Å². The normalized spacial score (nSPS) is 12.5. The van der Waals surface area contributed by atoms with Crippen LogP contribution in [0.5, 0.6) is 0 Å². The lowest BCUT2D eigenvalue weighted by Crippen LogP contribution is -2.19. The van der Waals surface area contributed by atoms with Gasteiger partial charge in [0.2, 0.25) is 0 Å². The van der Waals surface area contributed by atoms with E-state index in [4.69, 9.17) is 11.6 Å². The maximum atomic E-state index is 14.2. The Hall–Kier alpha value is 0.310. The Morgan fingerprint density at radius 1 is 1.15 bits per heavy atom. The molecule has 0 aliphatic rings. The van der Waals surface area contributed by atoms with Crippen LogP contribution in [0.3, 0.4) is 0 Å². The molecule has 0 fully saturated rings. The van der Waals surface area contributed by atoms with Gasteiger partial charge in [-0.05, 0) is 81.5 Å². The maximum absolute atomic E-state index is 14.2. The van der Waals surface area contributed by atoms with Gasteiger partial charge < -0.3 is 5.32 Å². The highest BCUT2D eigenvalue weighted by Crippen LogP contribution is 2.34. The van der Waals surface area contributed by atoms with E-state index in [-0.39, 0.29) is 11.9 Å². The van der Waals surface area contributed by atoms with Crippen LogP contribution in [0.25, 0.3) is 0 Å². The SMILES string of the molecule is CNC(c1cc(Cl)c(Br)cc1F)c1cc(I)ccc1Br. The van der Waals surface area contributed by atoms with Gasteiger partial charge in [0.05, 0.1) is 11.1 Å². The molecule has 2 aromatic rings. The van der Waals surface area contributed by atoms with Gasteiger partial charge in [0.1, 0.15) is 5.82 Å². The summed E-state index contributed by atoms with van der Waals surface area (Å²) in [6.07, 6.45) is 0. The summed E-state index contributed by atoms with van der Waals surface area (Å²) >= 11 is 15.1. The average molecular weight is 533 g/mol. The van der Waals surface area contributed by atoms with Gasteiger partial charge >= 0.3 is 0 Å². The van der Waals surface area contributed by atoms with E-state index in [0.717, 1.165) is 13.6 Å². The zero-order chi connectivity index (χ0) is 14.9. The number of hydrogen-bond donors (Lipinski definition) is 1. The molecule has 0 aliphatic heterocycles. The van der Waals surface area contributed by atoms with Crippen molar-refractivity contribution >= 4 is 66.1 Å². The highest BCUT2D eigenvalue weighted by atomic mass is 127. The van der Waals surface area contributed by atoms with E-state index in [0.29, 0.717) is 15.1 Å². The second-order valence-corrected chi connectivity index (χ2v) is 7.54. The molecule has 0 saturated carbocycles. The summed E-state index contributed by atoms with van der Waals surface area (Å²) in [4.78, 5) is 0. The molecule has 0 saturated heterocycles. The number of halogens is 5. The minimum Gasteiger partial charge on any atom is -0.309 e. The van der Waals surface area contributed by atoms with Crippen LogP contribution in [-0.4, -0.2) is 7.05 Å². The van der Waals surface area contributed by atoms with Gasteiger partial charge in [0, 0.05) is 18.1 Å². The second kappa shape index (κ2) is 7.05. The van der Waals surface area contributed by atoms with E-state index < -0.39 is 0 Å². The van der Waals surface area contributed by atoms with E-state index >= 15 is 0 Å². The first kappa shape index (κ1) is 16.7. The van der Waals surface area contributed by atoms with Crippen molar-refractivity contribution in [3.05, 3.63) is 64.8 Å². The lowest BCUT2D eigenvalue weighted by molar-refractivity contribution is 0.574. The van der Waals surface area contributed by atoms with Crippen LogP contribution < -0.4 is 5.32 Å². The Labute approximate surface area is 152 Å². The Morgan fingerprint density at radius 3 is 2.50 bits per heavy atom. The number of benzene rings is 2. The Morgan fingerprint density at radius 2 is 1.85 bits per heavy atom. The van der Waals surface area contributed by atoms with Crippen LogP contribution >= 0.6 is 66.1 Å². The van der Waals surface area contributed by atoms with Crippen LogP contribution in [0.1, 0.15) is 17.2 Å². The molecule has 0 aromatic heterocycles. The minimum atomic E-state index is -0.300. The molecule has 106 valence electrons. The van der Waals surface area contributed by atoms with Crippen molar-refractivity contribution < 1.29 is 4.39 Å². The molecule has 0 spiro atoms. The third-order valence-corrected chi connectivity index (χ3v) is 5.50. The largest absolute Gasteiger partial charge is 0.309 e. The van der Waals surface area contributed by atoms with Crippen molar-refractivity contribution in [1.29, 1.82) is 0 Å². The predicted octanol–water partition coefficient (Wildman–Crippen LogP) is 5.92. The van der Waals surface area contributed by atoms with E-state index in [2.05, 4.69) is 59.8 Å². The second-order valence-electron chi connectivity index (χ2n) is 4.18. The Bertz CT molecular complexity index is 651. The molecular weight excluding hydrogens is 523 g/mol. The number of nitrogens with one attached hydrogen (secondary N) is 1. The first-order chi connectivity index (χ1) is 9.43. The van der Waals surface area contributed by atoms with Crippen molar-refractivity contribution in [2.45, 2.75) is 6.04 Å². The van der Waals surface area contributed by atoms with E-state index in [9.17, 15) is 4.39 Å². The number of rotatable bonds is 3. The van der Waals surface area contributed by atoms with Crippen molar-refractivity contribution in [3.63, 3.8) is 0 Å². The Balaban J connectivity index is 2.58. The third kappa shape index (κ3) is 3.55. The highest BCUT2D eigenvalue weighted by molar-refractivity contribution is 14.1. The van der Waals surface area contributed by atoms with Gasteiger partial charge in [0.25, 0.3) is 0 Å². The summed E-state index contributed by atoms with van der Waals surface area (Å²) in [5, 5.41) is 3.63. The monoisotopic (exact) mass is 531 g/mol. The van der Waals surface area contributed by atoms with Crippen molar-refractivity contribution in [1.82, 2.24) is 5.32 Å². The summed E-state index contributed by atoms with van der Waals surface area (Å²) in [6, 6.07) is 8.73. The lowest BCUT2D eigenvalue weighted by atomic mass is 9.98. The van der Waals surface area contributed by atoms with Gasteiger partial charge in [-0.3, -0.25) is 0 Å². The molecule has 0 heterocycles. The van der Waals surface area contributed by atoms with Crippen LogP contribution in [-0.2, 0) is 0 Å². The van der Waals surface area contributed by atoms with E-state index in [1.165, 1.54) is 6.07 Å². The van der Waals surface area contributed by atoms with Crippen LogP contribution in [0, 0.1) is 9.39 Å². The summed E-state index contributed by atoms with van der Waals surface area (Å²) in [7, 11) is 1.80. The molecular formula is C14H10Br2ClFIN. The van der Waals surface area contributed by atoms with Crippen molar-refractivity contribution in [2.24, 2.45) is 0 Å². The zero-order valence-corrected chi connectivity index (χ0v) is 16.4. The quantitative estimate of drug-likeness (QED) is 0.382. The predicted molar refractivity (Wildman–Crippen MR) is 96.9 cm³/mol. The molecule has 20 heavy (non-hydrogen) atoms. The third-order valence-electron chi connectivity index (χ3n) is 2.91. The fourth-order valence-electron chi connectivity index (χ4n) is 1.97. The van der Waals surface area contributed by atoms with E-state index in [1.54, 1.807) is 13.1 Å². The minimum absolute atomic E-state index is 0.273. The highest BCUT2D eigenvalue weighted by Gasteiger charge is 2.20.